The molecule has 21 heteroatoms. The number of sulfonamides is 1. The zero-order valence-corrected chi connectivity index (χ0v) is 31.1. The van der Waals surface area contributed by atoms with Gasteiger partial charge in [-0.25, -0.2) is 27.2 Å². The Hall–Kier alpha value is -4.76. The number of aryl methyl sites for hydroxylation is 1. The highest BCUT2D eigenvalue weighted by molar-refractivity contribution is 8.00. The summed E-state index contributed by atoms with van der Waals surface area (Å²) in [6.45, 7) is -1.04. The van der Waals surface area contributed by atoms with Gasteiger partial charge in [-0.3, -0.25) is 18.9 Å². The van der Waals surface area contributed by atoms with Crippen molar-refractivity contribution in [3.63, 3.8) is 0 Å². The molecule has 0 spiro atoms. The molecule has 1 fully saturated rings. The molecule has 1 saturated carbocycles. The van der Waals surface area contributed by atoms with Crippen molar-refractivity contribution in [2.24, 2.45) is 13.0 Å². The molecule has 0 unspecified atom stereocenters. The van der Waals surface area contributed by atoms with Crippen LogP contribution in [0.5, 0.6) is 0 Å². The molecule has 1 amide bonds. The number of thioether (sulfide) groups is 1. The van der Waals surface area contributed by atoms with Crippen molar-refractivity contribution in [2.75, 3.05) is 17.2 Å². The number of aromatic nitrogens is 6. The number of halogens is 7. The first kappa shape index (κ1) is 37.2. The van der Waals surface area contributed by atoms with Crippen LogP contribution >= 0.6 is 23.1 Å². The lowest BCUT2D eigenvalue weighted by Crippen LogP contribution is -2.35. The Morgan fingerprint density at radius 2 is 1.82 bits per heavy atom. The van der Waals surface area contributed by atoms with Crippen LogP contribution in [0.3, 0.4) is 0 Å². The molecule has 0 radical (unpaired) electrons. The van der Waals surface area contributed by atoms with Crippen molar-refractivity contribution in [1.29, 1.82) is 0 Å². The predicted octanol–water partition coefficient (Wildman–Crippen LogP) is 7.14. The van der Waals surface area contributed by atoms with E-state index in [0.29, 0.717) is 41.8 Å². The lowest BCUT2D eigenvalue weighted by molar-refractivity contribution is -0.142. The molecule has 6 aromatic rings. The number of nitrogens with one attached hydrogen (secondary N) is 2. The number of alkyl halides is 5. The molecule has 0 bridgehead atoms. The van der Waals surface area contributed by atoms with Gasteiger partial charge in [0.1, 0.15) is 23.9 Å². The van der Waals surface area contributed by atoms with Crippen LogP contribution in [-0.2, 0) is 46.9 Å². The van der Waals surface area contributed by atoms with Gasteiger partial charge in [0.05, 0.1) is 28.2 Å². The van der Waals surface area contributed by atoms with Crippen LogP contribution in [0, 0.1) is 17.6 Å². The van der Waals surface area contributed by atoms with Crippen LogP contribution in [0.4, 0.5) is 36.6 Å². The fraction of sp³-hybridized carbons (Fsp3) is 0.324. The van der Waals surface area contributed by atoms with E-state index in [1.54, 1.807) is 37.6 Å². The summed E-state index contributed by atoms with van der Waals surface area (Å²) >= 11 is 2.65. The van der Waals surface area contributed by atoms with Gasteiger partial charge in [0.15, 0.2) is 21.5 Å². The van der Waals surface area contributed by atoms with Gasteiger partial charge in [-0.1, -0.05) is 23.9 Å². The first-order chi connectivity index (χ1) is 25.8. The third-order valence-electron chi connectivity index (χ3n) is 9.53. The second kappa shape index (κ2) is 12.9. The number of carbonyl (C=O) groups excluding carboxylic acids is 1. The molecular weight excluding hydrogens is 798 g/mol. The maximum Gasteiger partial charge on any atom is 0.435 e. The smallest absolute Gasteiger partial charge is 0.346 e. The largest absolute Gasteiger partial charge is 0.435 e. The van der Waals surface area contributed by atoms with E-state index in [9.17, 15) is 35.2 Å². The van der Waals surface area contributed by atoms with E-state index in [1.807, 2.05) is 0 Å². The summed E-state index contributed by atoms with van der Waals surface area (Å²) < 4.78 is 132. The van der Waals surface area contributed by atoms with Gasteiger partial charge in [0.25, 0.3) is 5.92 Å². The van der Waals surface area contributed by atoms with Crippen molar-refractivity contribution < 1.29 is 43.9 Å². The summed E-state index contributed by atoms with van der Waals surface area (Å²) in [6.07, 6.45) is -2.73. The predicted molar refractivity (Wildman–Crippen MR) is 190 cm³/mol. The first-order valence-electron chi connectivity index (χ1n) is 16.4. The van der Waals surface area contributed by atoms with Crippen LogP contribution in [-0.4, -0.2) is 56.4 Å². The summed E-state index contributed by atoms with van der Waals surface area (Å²) in [5.41, 5.74) is -1.41. The van der Waals surface area contributed by atoms with Crippen molar-refractivity contribution in [3.8, 4) is 11.1 Å². The summed E-state index contributed by atoms with van der Waals surface area (Å²) in [7, 11) is -2.18. The van der Waals surface area contributed by atoms with Crippen molar-refractivity contribution >= 4 is 66.1 Å². The molecule has 0 aliphatic heterocycles. The summed E-state index contributed by atoms with van der Waals surface area (Å²) in [4.78, 5) is 23.2. The Kier molecular flexibility index (Phi) is 8.72. The van der Waals surface area contributed by atoms with Gasteiger partial charge >= 0.3 is 6.18 Å². The highest BCUT2D eigenvalue weighted by atomic mass is 32.2. The van der Waals surface area contributed by atoms with Crippen LogP contribution < -0.4 is 10.0 Å². The Labute approximate surface area is 315 Å². The fourth-order valence-electron chi connectivity index (χ4n) is 7.38. The van der Waals surface area contributed by atoms with Gasteiger partial charge in [-0.05, 0) is 54.8 Å². The number of anilines is 1. The monoisotopic (exact) mass is 824 g/mol. The van der Waals surface area contributed by atoms with Gasteiger partial charge in [0.2, 0.25) is 15.9 Å². The van der Waals surface area contributed by atoms with Crippen molar-refractivity contribution in [2.45, 2.75) is 47.8 Å². The quantitative estimate of drug-likeness (QED) is 0.110. The van der Waals surface area contributed by atoms with Gasteiger partial charge in [0, 0.05) is 41.1 Å². The summed E-state index contributed by atoms with van der Waals surface area (Å²) in [5, 5.41) is 10.9. The standard InChI is InChI=1S/C34H27F7N8O3S3/c1-48-27-17(5-4-6-18(27)30(46-48)47-55(3,51)52)19-12-23-31(44-32(53-2)54-23)43-26(19)22(9-14-7-15(35)10-16(36)8-14)42-24(50)13-49-29-25(28(45-49)34(39,40)41)20-11-21(20)33(29,37)38/h4-8,10,12,20-22H,9,11,13H2,1-3H3,(H,42,50)(H,46,47)/t20-,21+,22-/m0/s1. The number of fused-ring (bicyclic) bond motifs is 5. The van der Waals surface area contributed by atoms with E-state index < -0.39 is 81.0 Å². The number of hydrogen-bond acceptors (Lipinski definition) is 9. The third-order valence-corrected chi connectivity index (χ3v) is 12.1. The Bertz CT molecular complexity index is 2650. The molecule has 4 heterocycles. The topological polar surface area (TPSA) is 137 Å². The van der Waals surface area contributed by atoms with E-state index >= 15 is 8.78 Å². The Morgan fingerprint density at radius 1 is 1.09 bits per heavy atom. The zero-order valence-electron chi connectivity index (χ0n) is 28.7. The van der Waals surface area contributed by atoms with E-state index in [-0.39, 0.29) is 35.6 Å². The number of hydrogen-bond donors (Lipinski definition) is 2. The summed E-state index contributed by atoms with van der Waals surface area (Å²) in [5.74, 6) is -8.86. The zero-order chi connectivity index (χ0) is 39.4. The maximum atomic E-state index is 15.4. The number of rotatable bonds is 10. The highest BCUT2D eigenvalue weighted by Gasteiger charge is 2.68. The van der Waals surface area contributed by atoms with Crippen LogP contribution in [0.15, 0.2) is 46.8 Å². The molecule has 11 nitrogen and oxygen atoms in total. The first-order valence-corrected chi connectivity index (χ1v) is 20.4. The molecule has 2 aromatic carbocycles. The number of benzene rings is 2. The molecular formula is C34H27F7N8O3S3. The molecule has 55 heavy (non-hydrogen) atoms. The van der Waals surface area contributed by atoms with E-state index in [4.69, 9.17) is 4.98 Å². The number of amides is 1. The minimum absolute atomic E-state index is 0.0272. The third kappa shape index (κ3) is 6.68. The summed E-state index contributed by atoms with van der Waals surface area (Å²) in [6, 6.07) is 8.12. The average Bonchev–Trinajstić information content (AvgIpc) is 3.36. The molecule has 8 rings (SSSR count). The van der Waals surface area contributed by atoms with Crippen LogP contribution in [0.2, 0.25) is 0 Å². The van der Waals surface area contributed by atoms with E-state index in [0.717, 1.165) is 18.4 Å². The number of nitrogens with zero attached hydrogens (tertiary/aromatic N) is 6. The lowest BCUT2D eigenvalue weighted by atomic mass is 9.94. The molecule has 2 aliphatic rings. The normalized spacial score (nSPS) is 18.1. The maximum absolute atomic E-state index is 15.4. The van der Waals surface area contributed by atoms with E-state index in [1.165, 1.54) is 27.8 Å². The number of carbonyl (C=O) groups is 1. The number of para-hydroxylation sites is 1. The van der Waals surface area contributed by atoms with Gasteiger partial charge < -0.3 is 5.32 Å². The molecule has 3 atom stereocenters. The van der Waals surface area contributed by atoms with Gasteiger partial charge in [-0.2, -0.15) is 32.1 Å². The molecule has 288 valence electrons. The van der Waals surface area contributed by atoms with Crippen molar-refractivity contribution in [3.05, 3.63) is 82.3 Å². The molecule has 0 saturated heterocycles. The van der Waals surface area contributed by atoms with Crippen molar-refractivity contribution in [1.82, 2.24) is 34.8 Å². The average molecular weight is 825 g/mol. The SMILES string of the molecule is CSc1nc2nc([C@H](Cc3cc(F)cc(F)c3)NC(=O)Cn3nc(C(F)(F)F)c4c3C(F)(F)[C@@H]3C[C@H]43)c(-c3cccc4c(NS(C)(=O)=O)nn(C)c34)cc2s1. The Morgan fingerprint density at radius 3 is 2.49 bits per heavy atom. The number of pyridine rings is 1. The fourth-order valence-corrected chi connectivity index (χ4v) is 9.34. The molecule has 4 aromatic heterocycles. The minimum atomic E-state index is -5.05. The van der Waals surface area contributed by atoms with Gasteiger partial charge in [-0.15, -0.1) is 11.3 Å². The second-order valence-electron chi connectivity index (χ2n) is 13.4. The number of thiazole rings is 1. The minimum Gasteiger partial charge on any atom is -0.346 e. The molecule has 2 aliphatic carbocycles. The Balaban J connectivity index is 1.28. The lowest BCUT2D eigenvalue weighted by Gasteiger charge is -2.23. The van der Waals surface area contributed by atoms with Crippen LogP contribution in [0.1, 0.15) is 46.6 Å². The van der Waals surface area contributed by atoms with E-state index in [2.05, 4.69) is 25.2 Å². The highest BCUT2D eigenvalue weighted by Crippen LogP contribution is 2.68. The molecule has 2 N–H and O–H groups in total. The van der Waals surface area contributed by atoms with Crippen LogP contribution in [0.25, 0.3) is 32.4 Å². The second-order valence-corrected chi connectivity index (χ2v) is 17.2.